The van der Waals surface area contributed by atoms with Gasteiger partial charge in [0.15, 0.2) is 0 Å². The van der Waals surface area contributed by atoms with Crippen LogP contribution in [0, 0.1) is 0 Å². The smallest absolute Gasteiger partial charge is 0.410 e. The molecule has 6 heteroatoms. The molecule has 2 aliphatic rings. The van der Waals surface area contributed by atoms with E-state index in [9.17, 15) is 4.79 Å². The molecule has 1 aromatic carbocycles. The summed E-state index contributed by atoms with van der Waals surface area (Å²) in [7, 11) is 0. The fourth-order valence-corrected chi connectivity index (χ4v) is 4.04. The standard InChI is InChI=1S/C16H19BrClNO3/c1-16(2,3)22-15(20)19-5-4-10-11(17)6-12(18)14-13(10)9(7-19)8-21-14/h6,9H,4-5,7-8H2,1-3H3. The van der Waals surface area contributed by atoms with Crippen LogP contribution in [0.2, 0.25) is 5.02 Å². The van der Waals surface area contributed by atoms with Crippen molar-refractivity contribution in [2.75, 3.05) is 19.7 Å². The second-order valence-electron chi connectivity index (χ2n) is 6.75. The van der Waals surface area contributed by atoms with Crippen LogP contribution in [0.5, 0.6) is 5.75 Å². The van der Waals surface area contributed by atoms with Gasteiger partial charge in [0, 0.05) is 29.0 Å². The summed E-state index contributed by atoms with van der Waals surface area (Å²) < 4.78 is 12.2. The van der Waals surface area contributed by atoms with Gasteiger partial charge in [-0.05, 0) is 38.8 Å². The van der Waals surface area contributed by atoms with E-state index in [1.54, 1.807) is 4.90 Å². The van der Waals surface area contributed by atoms with E-state index >= 15 is 0 Å². The van der Waals surface area contributed by atoms with Crippen LogP contribution in [0.1, 0.15) is 37.8 Å². The highest BCUT2D eigenvalue weighted by Gasteiger charge is 2.36. The molecule has 4 nitrogen and oxygen atoms in total. The monoisotopic (exact) mass is 387 g/mol. The summed E-state index contributed by atoms with van der Waals surface area (Å²) in [6, 6.07) is 1.88. The number of carbonyl (C=O) groups excluding carboxylic acids is 1. The van der Waals surface area contributed by atoms with Gasteiger partial charge in [0.2, 0.25) is 0 Å². The van der Waals surface area contributed by atoms with Crippen molar-refractivity contribution < 1.29 is 14.3 Å². The first-order chi connectivity index (χ1) is 10.3. The molecule has 1 aromatic rings. The summed E-state index contributed by atoms with van der Waals surface area (Å²) in [4.78, 5) is 14.1. The molecule has 0 aliphatic carbocycles. The van der Waals surface area contributed by atoms with Crippen molar-refractivity contribution >= 4 is 33.6 Å². The second kappa shape index (κ2) is 5.60. The summed E-state index contributed by atoms with van der Waals surface area (Å²) >= 11 is 9.86. The van der Waals surface area contributed by atoms with Crippen LogP contribution in [0.15, 0.2) is 10.5 Å². The predicted octanol–water partition coefficient (Wildman–Crippen LogP) is 4.37. The van der Waals surface area contributed by atoms with E-state index in [4.69, 9.17) is 21.1 Å². The molecule has 22 heavy (non-hydrogen) atoms. The lowest BCUT2D eigenvalue weighted by Gasteiger charge is -2.27. The Morgan fingerprint density at radius 2 is 2.23 bits per heavy atom. The van der Waals surface area contributed by atoms with Crippen molar-refractivity contribution in [2.24, 2.45) is 0 Å². The molecule has 1 atom stereocenters. The molecule has 2 aliphatic heterocycles. The number of hydrogen-bond acceptors (Lipinski definition) is 3. The third-order valence-corrected chi connectivity index (χ3v) is 4.88. The molecule has 0 saturated carbocycles. The lowest BCUT2D eigenvalue weighted by Crippen LogP contribution is -2.39. The van der Waals surface area contributed by atoms with Gasteiger partial charge in [-0.3, -0.25) is 0 Å². The maximum Gasteiger partial charge on any atom is 0.410 e. The van der Waals surface area contributed by atoms with Crippen LogP contribution in [-0.2, 0) is 11.2 Å². The van der Waals surface area contributed by atoms with Gasteiger partial charge < -0.3 is 14.4 Å². The highest BCUT2D eigenvalue weighted by Crippen LogP contribution is 2.46. The normalized spacial score (nSPS) is 20.2. The lowest BCUT2D eigenvalue weighted by molar-refractivity contribution is 0.0242. The van der Waals surface area contributed by atoms with Crippen LogP contribution < -0.4 is 4.74 Å². The van der Waals surface area contributed by atoms with E-state index in [0.717, 1.165) is 22.2 Å². The molecule has 2 heterocycles. The molecule has 0 N–H and O–H groups in total. The first-order valence-corrected chi connectivity index (χ1v) is 8.55. The van der Waals surface area contributed by atoms with Crippen LogP contribution >= 0.6 is 27.5 Å². The third-order valence-electron chi connectivity index (χ3n) is 3.89. The van der Waals surface area contributed by atoms with Gasteiger partial charge in [-0.2, -0.15) is 0 Å². The Labute approximate surface area is 143 Å². The molecule has 120 valence electrons. The number of benzene rings is 1. The molecule has 1 amide bonds. The zero-order valence-electron chi connectivity index (χ0n) is 12.9. The van der Waals surface area contributed by atoms with Gasteiger partial charge in [-0.15, -0.1) is 0 Å². The van der Waals surface area contributed by atoms with Crippen LogP contribution in [0.3, 0.4) is 0 Å². The Balaban J connectivity index is 1.89. The number of nitrogens with zero attached hydrogens (tertiary/aromatic N) is 1. The minimum Gasteiger partial charge on any atom is -0.491 e. The average molecular weight is 389 g/mol. The van der Waals surface area contributed by atoms with E-state index in [1.165, 1.54) is 5.56 Å². The molecule has 0 aromatic heterocycles. The molecule has 1 unspecified atom stereocenters. The maximum atomic E-state index is 12.4. The van der Waals surface area contributed by atoms with Crippen molar-refractivity contribution in [1.29, 1.82) is 0 Å². The number of ether oxygens (including phenoxy) is 2. The number of hydrogen-bond donors (Lipinski definition) is 0. The number of amides is 1. The van der Waals surface area contributed by atoms with Crippen molar-refractivity contribution in [3.63, 3.8) is 0 Å². The minimum absolute atomic E-state index is 0.148. The molecule has 3 rings (SSSR count). The first kappa shape index (κ1) is 15.9. The highest BCUT2D eigenvalue weighted by atomic mass is 79.9. The van der Waals surface area contributed by atoms with Crippen molar-refractivity contribution in [1.82, 2.24) is 4.90 Å². The SMILES string of the molecule is CC(C)(C)OC(=O)N1CCc2c(Br)cc(Cl)c3c2C(CO3)C1. The van der Waals surface area contributed by atoms with Gasteiger partial charge >= 0.3 is 6.09 Å². The fourth-order valence-electron chi connectivity index (χ4n) is 3.00. The molecule has 0 spiro atoms. The van der Waals surface area contributed by atoms with E-state index in [2.05, 4.69) is 15.9 Å². The molecular weight excluding hydrogens is 370 g/mol. The summed E-state index contributed by atoms with van der Waals surface area (Å²) in [5, 5.41) is 0.624. The quantitative estimate of drug-likeness (QED) is 0.662. The summed E-state index contributed by atoms with van der Waals surface area (Å²) in [6.07, 6.45) is 0.495. The lowest BCUT2D eigenvalue weighted by atomic mass is 9.95. The van der Waals surface area contributed by atoms with E-state index in [0.29, 0.717) is 24.7 Å². The van der Waals surface area contributed by atoms with Crippen molar-refractivity contribution in [3.05, 3.63) is 26.7 Å². The Bertz CT molecular complexity index is 627. The Hall–Kier alpha value is -0.940. The van der Waals surface area contributed by atoms with Crippen LogP contribution in [0.25, 0.3) is 0 Å². The molecular formula is C16H19BrClNO3. The zero-order valence-corrected chi connectivity index (χ0v) is 15.3. The van der Waals surface area contributed by atoms with Gasteiger partial charge in [0.1, 0.15) is 11.4 Å². The molecule has 0 fully saturated rings. The van der Waals surface area contributed by atoms with E-state index in [-0.39, 0.29) is 12.0 Å². The van der Waals surface area contributed by atoms with Crippen molar-refractivity contribution in [3.8, 4) is 5.75 Å². The summed E-state index contributed by atoms with van der Waals surface area (Å²) in [5.74, 6) is 0.922. The summed E-state index contributed by atoms with van der Waals surface area (Å²) in [6.45, 7) is 7.43. The topological polar surface area (TPSA) is 38.8 Å². The second-order valence-corrected chi connectivity index (χ2v) is 8.01. The molecule has 0 saturated heterocycles. The predicted molar refractivity (Wildman–Crippen MR) is 88.9 cm³/mol. The van der Waals surface area contributed by atoms with Gasteiger partial charge in [0.05, 0.1) is 11.6 Å². The van der Waals surface area contributed by atoms with Gasteiger partial charge in [0.25, 0.3) is 0 Å². The first-order valence-electron chi connectivity index (χ1n) is 7.38. The maximum absolute atomic E-state index is 12.4. The average Bonchev–Trinajstić information content (AvgIpc) is 2.69. The van der Waals surface area contributed by atoms with E-state index in [1.807, 2.05) is 26.8 Å². The molecule has 0 radical (unpaired) electrons. The minimum atomic E-state index is -0.489. The number of halogens is 2. The van der Waals surface area contributed by atoms with Gasteiger partial charge in [-0.1, -0.05) is 27.5 Å². The molecule has 0 bridgehead atoms. The zero-order chi connectivity index (χ0) is 16.1. The Kier molecular flexibility index (Phi) is 4.06. The van der Waals surface area contributed by atoms with E-state index < -0.39 is 5.60 Å². The summed E-state index contributed by atoms with van der Waals surface area (Å²) in [5.41, 5.74) is 1.84. The van der Waals surface area contributed by atoms with Crippen LogP contribution in [0.4, 0.5) is 4.79 Å². The fraction of sp³-hybridized carbons (Fsp3) is 0.562. The highest BCUT2D eigenvalue weighted by molar-refractivity contribution is 9.10. The largest absolute Gasteiger partial charge is 0.491 e. The number of rotatable bonds is 0. The van der Waals surface area contributed by atoms with Crippen LogP contribution in [-0.4, -0.2) is 36.3 Å². The third kappa shape index (κ3) is 2.93. The Morgan fingerprint density at radius 3 is 2.91 bits per heavy atom. The Morgan fingerprint density at radius 1 is 1.50 bits per heavy atom. The van der Waals surface area contributed by atoms with Crippen molar-refractivity contribution in [2.45, 2.75) is 38.7 Å². The van der Waals surface area contributed by atoms with Gasteiger partial charge in [-0.25, -0.2) is 4.79 Å². The number of carbonyl (C=O) groups is 1.